The van der Waals surface area contributed by atoms with Gasteiger partial charge in [-0.2, -0.15) is 0 Å². The van der Waals surface area contributed by atoms with Crippen LogP contribution in [0.2, 0.25) is 0 Å². The van der Waals surface area contributed by atoms with Crippen molar-refractivity contribution in [3.63, 3.8) is 0 Å². The fourth-order valence-electron chi connectivity index (χ4n) is 1.66. The zero-order valence-corrected chi connectivity index (χ0v) is 11.8. The Hall–Kier alpha value is -0.540. The molecule has 0 aliphatic rings. The summed E-state index contributed by atoms with van der Waals surface area (Å²) in [6, 6.07) is 6.28. The second-order valence-electron chi connectivity index (χ2n) is 4.58. The first-order valence-electron chi connectivity index (χ1n) is 5.74. The SMILES string of the molecule is Cc1cc(Br)ccc1NCC(CN)C(C)C. The predicted octanol–water partition coefficient (Wildman–Crippen LogP) is 3.40. The third-order valence-corrected chi connectivity index (χ3v) is 3.48. The first-order valence-corrected chi connectivity index (χ1v) is 6.54. The summed E-state index contributed by atoms with van der Waals surface area (Å²) in [5.74, 6) is 1.15. The van der Waals surface area contributed by atoms with E-state index in [4.69, 9.17) is 5.73 Å². The van der Waals surface area contributed by atoms with E-state index in [0.29, 0.717) is 11.8 Å². The molecule has 1 atom stereocenters. The van der Waals surface area contributed by atoms with Crippen molar-refractivity contribution in [1.29, 1.82) is 0 Å². The molecule has 0 saturated heterocycles. The van der Waals surface area contributed by atoms with Crippen LogP contribution in [0.3, 0.4) is 0 Å². The zero-order valence-electron chi connectivity index (χ0n) is 10.3. The lowest BCUT2D eigenvalue weighted by molar-refractivity contribution is 0.413. The Morgan fingerprint density at radius 1 is 1.38 bits per heavy atom. The van der Waals surface area contributed by atoms with E-state index in [2.05, 4.69) is 60.2 Å². The maximum atomic E-state index is 5.75. The molecule has 0 aliphatic heterocycles. The highest BCUT2D eigenvalue weighted by Crippen LogP contribution is 2.21. The minimum atomic E-state index is 0.531. The lowest BCUT2D eigenvalue weighted by atomic mass is 9.96. The molecule has 90 valence electrons. The van der Waals surface area contributed by atoms with Crippen LogP contribution in [0.5, 0.6) is 0 Å². The number of anilines is 1. The molecular weight excluding hydrogens is 264 g/mol. The monoisotopic (exact) mass is 284 g/mol. The second kappa shape index (κ2) is 6.26. The maximum Gasteiger partial charge on any atom is 0.0370 e. The molecule has 0 aromatic heterocycles. The Balaban J connectivity index is 2.60. The average molecular weight is 285 g/mol. The molecule has 1 unspecified atom stereocenters. The van der Waals surface area contributed by atoms with Crippen LogP contribution in [-0.4, -0.2) is 13.1 Å². The lowest BCUT2D eigenvalue weighted by Crippen LogP contribution is -2.27. The van der Waals surface area contributed by atoms with Gasteiger partial charge in [0, 0.05) is 16.7 Å². The van der Waals surface area contributed by atoms with Crippen LogP contribution in [0.15, 0.2) is 22.7 Å². The summed E-state index contributed by atoms with van der Waals surface area (Å²) in [5, 5.41) is 3.47. The van der Waals surface area contributed by atoms with Crippen LogP contribution < -0.4 is 11.1 Å². The van der Waals surface area contributed by atoms with E-state index in [9.17, 15) is 0 Å². The van der Waals surface area contributed by atoms with E-state index in [1.807, 2.05) is 0 Å². The minimum Gasteiger partial charge on any atom is -0.384 e. The highest BCUT2D eigenvalue weighted by molar-refractivity contribution is 9.10. The quantitative estimate of drug-likeness (QED) is 0.870. The molecular formula is C13H21BrN2. The molecule has 0 radical (unpaired) electrons. The van der Waals surface area contributed by atoms with Crippen LogP contribution in [0.1, 0.15) is 19.4 Å². The first kappa shape index (κ1) is 13.5. The molecule has 1 aromatic rings. The summed E-state index contributed by atoms with van der Waals surface area (Å²) < 4.78 is 1.12. The molecule has 0 saturated carbocycles. The van der Waals surface area contributed by atoms with E-state index in [1.165, 1.54) is 11.3 Å². The number of nitrogens with two attached hydrogens (primary N) is 1. The molecule has 0 bridgehead atoms. The molecule has 1 rings (SSSR count). The maximum absolute atomic E-state index is 5.75. The summed E-state index contributed by atoms with van der Waals surface area (Å²) in [6.45, 7) is 8.22. The average Bonchev–Trinajstić information content (AvgIpc) is 2.21. The molecule has 16 heavy (non-hydrogen) atoms. The van der Waals surface area contributed by atoms with Crippen molar-refractivity contribution in [2.24, 2.45) is 17.6 Å². The van der Waals surface area contributed by atoms with E-state index >= 15 is 0 Å². The van der Waals surface area contributed by atoms with E-state index in [-0.39, 0.29) is 0 Å². The molecule has 3 N–H and O–H groups in total. The highest BCUT2D eigenvalue weighted by Gasteiger charge is 2.11. The zero-order chi connectivity index (χ0) is 12.1. The largest absolute Gasteiger partial charge is 0.384 e. The van der Waals surface area contributed by atoms with Crippen LogP contribution in [0, 0.1) is 18.8 Å². The van der Waals surface area contributed by atoms with Crippen molar-refractivity contribution in [3.8, 4) is 0 Å². The summed E-state index contributed by atoms with van der Waals surface area (Å²) in [5.41, 5.74) is 8.21. The van der Waals surface area contributed by atoms with E-state index < -0.39 is 0 Å². The third-order valence-electron chi connectivity index (χ3n) is 2.99. The molecule has 0 aliphatic carbocycles. The van der Waals surface area contributed by atoms with E-state index in [0.717, 1.165) is 17.6 Å². The smallest absolute Gasteiger partial charge is 0.0370 e. The van der Waals surface area contributed by atoms with Crippen molar-refractivity contribution in [2.45, 2.75) is 20.8 Å². The van der Waals surface area contributed by atoms with Gasteiger partial charge < -0.3 is 11.1 Å². The van der Waals surface area contributed by atoms with E-state index in [1.54, 1.807) is 0 Å². The number of rotatable bonds is 5. The van der Waals surface area contributed by atoms with Gasteiger partial charge in [0.15, 0.2) is 0 Å². The minimum absolute atomic E-state index is 0.531. The summed E-state index contributed by atoms with van der Waals surface area (Å²) >= 11 is 3.47. The second-order valence-corrected chi connectivity index (χ2v) is 5.50. The normalized spacial score (nSPS) is 12.9. The van der Waals surface area contributed by atoms with Crippen LogP contribution in [-0.2, 0) is 0 Å². The van der Waals surface area contributed by atoms with Crippen molar-refractivity contribution in [1.82, 2.24) is 0 Å². The van der Waals surface area contributed by atoms with Gasteiger partial charge in [-0.05, 0) is 49.1 Å². The Labute approximate surface area is 107 Å². The van der Waals surface area contributed by atoms with Crippen molar-refractivity contribution >= 4 is 21.6 Å². The van der Waals surface area contributed by atoms with Gasteiger partial charge in [-0.25, -0.2) is 0 Å². The number of nitrogens with one attached hydrogen (secondary N) is 1. The topological polar surface area (TPSA) is 38.0 Å². The fraction of sp³-hybridized carbons (Fsp3) is 0.538. The summed E-state index contributed by atoms with van der Waals surface area (Å²) in [4.78, 5) is 0. The molecule has 0 amide bonds. The third kappa shape index (κ3) is 3.80. The fourth-order valence-corrected chi connectivity index (χ4v) is 2.13. The molecule has 0 fully saturated rings. The number of halogens is 1. The Morgan fingerprint density at radius 3 is 2.56 bits per heavy atom. The number of aryl methyl sites for hydroxylation is 1. The Morgan fingerprint density at radius 2 is 2.06 bits per heavy atom. The van der Waals surface area contributed by atoms with Crippen molar-refractivity contribution in [2.75, 3.05) is 18.4 Å². The lowest BCUT2D eigenvalue weighted by Gasteiger charge is -2.20. The molecule has 1 aromatic carbocycles. The first-order chi connectivity index (χ1) is 7.54. The number of benzene rings is 1. The summed E-state index contributed by atoms with van der Waals surface area (Å²) in [7, 11) is 0. The van der Waals surface area contributed by atoms with Gasteiger partial charge in [-0.3, -0.25) is 0 Å². The Kier molecular flexibility index (Phi) is 5.29. The predicted molar refractivity (Wildman–Crippen MR) is 74.8 cm³/mol. The van der Waals surface area contributed by atoms with Gasteiger partial charge in [-0.15, -0.1) is 0 Å². The van der Waals surface area contributed by atoms with Gasteiger partial charge in [0.1, 0.15) is 0 Å². The van der Waals surface area contributed by atoms with Crippen LogP contribution in [0.4, 0.5) is 5.69 Å². The summed E-state index contributed by atoms with van der Waals surface area (Å²) in [6.07, 6.45) is 0. The molecule has 3 heteroatoms. The van der Waals surface area contributed by atoms with Gasteiger partial charge in [-0.1, -0.05) is 29.8 Å². The van der Waals surface area contributed by atoms with Gasteiger partial charge in [0.05, 0.1) is 0 Å². The van der Waals surface area contributed by atoms with Crippen molar-refractivity contribution < 1.29 is 0 Å². The van der Waals surface area contributed by atoms with Gasteiger partial charge >= 0.3 is 0 Å². The molecule has 0 heterocycles. The molecule has 0 spiro atoms. The van der Waals surface area contributed by atoms with Crippen LogP contribution in [0.25, 0.3) is 0 Å². The Bertz CT molecular complexity index is 337. The highest BCUT2D eigenvalue weighted by atomic mass is 79.9. The van der Waals surface area contributed by atoms with Gasteiger partial charge in [0.25, 0.3) is 0 Å². The number of hydrogen-bond acceptors (Lipinski definition) is 2. The molecule has 2 nitrogen and oxygen atoms in total. The number of hydrogen-bond donors (Lipinski definition) is 2. The standard InChI is InChI=1S/C13H21BrN2/c1-9(2)11(7-15)8-16-13-5-4-12(14)6-10(13)3/h4-6,9,11,16H,7-8,15H2,1-3H3. The van der Waals surface area contributed by atoms with Crippen LogP contribution >= 0.6 is 15.9 Å². The van der Waals surface area contributed by atoms with Gasteiger partial charge in [0.2, 0.25) is 0 Å². The van der Waals surface area contributed by atoms with Crippen molar-refractivity contribution in [3.05, 3.63) is 28.2 Å².